The first kappa shape index (κ1) is 12.4. The predicted molar refractivity (Wildman–Crippen MR) is 59.8 cm³/mol. The van der Waals surface area contributed by atoms with Gasteiger partial charge in [0.1, 0.15) is 0 Å². The molecule has 2 N–H and O–H groups in total. The molecule has 86 valence electrons. The van der Waals surface area contributed by atoms with Gasteiger partial charge in [-0.1, -0.05) is 13.8 Å². The quantitative estimate of drug-likeness (QED) is 0.688. The van der Waals surface area contributed by atoms with Crippen LogP contribution in [0.25, 0.3) is 0 Å². The van der Waals surface area contributed by atoms with Crippen molar-refractivity contribution in [2.45, 2.75) is 13.8 Å². The van der Waals surface area contributed by atoms with Gasteiger partial charge in [-0.15, -0.1) is 0 Å². The summed E-state index contributed by atoms with van der Waals surface area (Å²) in [6.07, 6.45) is 1.97. The van der Waals surface area contributed by atoms with Crippen molar-refractivity contribution in [1.82, 2.24) is 5.32 Å². The maximum Gasteiger partial charge on any atom is 0.307 e. The molecule has 15 heavy (non-hydrogen) atoms. The number of hydrogen-bond donors (Lipinski definition) is 2. The SMILES string of the molecule is CSCCNC(=O)[C@H]1[C@@H](C(=O)O)C1(C)C. The number of thioether (sulfide) groups is 1. The Morgan fingerprint density at radius 2 is 2.00 bits per heavy atom. The number of carboxylic acid groups (broad SMARTS) is 1. The molecular weight excluding hydrogens is 214 g/mol. The summed E-state index contributed by atoms with van der Waals surface area (Å²) in [5, 5.41) is 11.7. The first-order valence-corrected chi connectivity index (χ1v) is 6.31. The lowest BCUT2D eigenvalue weighted by Gasteiger charge is -2.04. The van der Waals surface area contributed by atoms with E-state index in [1.165, 1.54) is 0 Å². The molecule has 0 aromatic carbocycles. The molecule has 0 saturated heterocycles. The van der Waals surface area contributed by atoms with Crippen molar-refractivity contribution in [2.24, 2.45) is 17.3 Å². The van der Waals surface area contributed by atoms with Gasteiger partial charge < -0.3 is 10.4 Å². The molecule has 0 spiro atoms. The van der Waals surface area contributed by atoms with E-state index < -0.39 is 17.3 Å². The third-order valence-corrected chi connectivity index (χ3v) is 3.59. The highest BCUT2D eigenvalue weighted by Gasteiger charge is 2.65. The fourth-order valence-electron chi connectivity index (χ4n) is 1.97. The Bertz CT molecular complexity index is 278. The second-order valence-electron chi connectivity index (χ2n) is 4.40. The molecule has 0 unspecified atom stereocenters. The van der Waals surface area contributed by atoms with Gasteiger partial charge in [0.2, 0.25) is 5.91 Å². The molecule has 1 aliphatic rings. The zero-order valence-corrected chi connectivity index (χ0v) is 10.1. The van der Waals surface area contributed by atoms with Crippen LogP contribution in [0.2, 0.25) is 0 Å². The highest BCUT2D eigenvalue weighted by Crippen LogP contribution is 2.58. The fourth-order valence-corrected chi connectivity index (χ4v) is 2.28. The molecule has 4 nitrogen and oxygen atoms in total. The minimum atomic E-state index is -0.870. The van der Waals surface area contributed by atoms with E-state index in [1.54, 1.807) is 11.8 Å². The average Bonchev–Trinajstić information content (AvgIpc) is 2.69. The Hall–Kier alpha value is -0.710. The van der Waals surface area contributed by atoms with Crippen LogP contribution in [0.15, 0.2) is 0 Å². The van der Waals surface area contributed by atoms with Gasteiger partial charge in [-0.2, -0.15) is 11.8 Å². The predicted octanol–water partition coefficient (Wildman–Crippen LogP) is 0.822. The molecule has 0 heterocycles. The van der Waals surface area contributed by atoms with Gasteiger partial charge in [-0.05, 0) is 11.7 Å². The molecule has 2 atom stereocenters. The molecule has 0 aliphatic heterocycles. The number of carbonyl (C=O) groups excluding carboxylic acids is 1. The third kappa shape index (κ3) is 2.45. The van der Waals surface area contributed by atoms with Crippen molar-refractivity contribution in [3.8, 4) is 0 Å². The molecule has 0 radical (unpaired) electrons. The summed E-state index contributed by atoms with van der Waals surface area (Å²) >= 11 is 1.65. The van der Waals surface area contributed by atoms with Crippen LogP contribution in [0.5, 0.6) is 0 Å². The highest BCUT2D eigenvalue weighted by atomic mass is 32.2. The topological polar surface area (TPSA) is 66.4 Å². The van der Waals surface area contributed by atoms with Crippen molar-refractivity contribution in [3.05, 3.63) is 0 Å². The van der Waals surface area contributed by atoms with E-state index >= 15 is 0 Å². The smallest absolute Gasteiger partial charge is 0.307 e. The molecule has 0 aromatic rings. The standard InChI is InChI=1S/C10H17NO3S/c1-10(2)6(7(10)9(13)14)8(12)11-4-5-15-3/h6-7H,4-5H2,1-3H3,(H,11,12)(H,13,14)/t6-,7+/m1/s1. The van der Waals surface area contributed by atoms with Crippen LogP contribution in [0.4, 0.5) is 0 Å². The van der Waals surface area contributed by atoms with Gasteiger partial charge in [0.15, 0.2) is 0 Å². The zero-order valence-electron chi connectivity index (χ0n) is 9.24. The van der Waals surface area contributed by atoms with Crippen LogP contribution in [0, 0.1) is 17.3 Å². The van der Waals surface area contributed by atoms with Crippen molar-refractivity contribution in [1.29, 1.82) is 0 Å². The maximum atomic E-state index is 11.6. The Labute approximate surface area is 93.8 Å². The van der Waals surface area contributed by atoms with E-state index in [2.05, 4.69) is 5.32 Å². The minimum Gasteiger partial charge on any atom is -0.481 e. The number of carbonyl (C=O) groups is 2. The van der Waals surface area contributed by atoms with Gasteiger partial charge in [0.05, 0.1) is 11.8 Å². The number of carboxylic acids is 1. The van der Waals surface area contributed by atoms with Crippen LogP contribution in [-0.2, 0) is 9.59 Å². The van der Waals surface area contributed by atoms with Gasteiger partial charge in [-0.25, -0.2) is 0 Å². The minimum absolute atomic E-state index is 0.124. The summed E-state index contributed by atoms with van der Waals surface area (Å²) in [6.45, 7) is 4.26. The van der Waals surface area contributed by atoms with Crippen LogP contribution in [-0.4, -0.2) is 35.5 Å². The summed E-state index contributed by atoms with van der Waals surface area (Å²) in [4.78, 5) is 22.5. The van der Waals surface area contributed by atoms with E-state index in [0.29, 0.717) is 6.54 Å². The third-order valence-electron chi connectivity index (χ3n) is 2.98. The molecule has 1 aliphatic carbocycles. The Kier molecular flexibility index (Phi) is 3.65. The molecule has 5 heteroatoms. The Morgan fingerprint density at radius 1 is 1.40 bits per heavy atom. The van der Waals surface area contributed by atoms with Gasteiger partial charge in [0.25, 0.3) is 0 Å². The lowest BCUT2D eigenvalue weighted by molar-refractivity contribution is -0.140. The summed E-state index contributed by atoms with van der Waals surface area (Å²) in [7, 11) is 0. The van der Waals surface area contributed by atoms with E-state index in [1.807, 2.05) is 20.1 Å². The normalized spacial score (nSPS) is 27.1. The second-order valence-corrected chi connectivity index (χ2v) is 5.38. The number of nitrogens with one attached hydrogen (secondary N) is 1. The van der Waals surface area contributed by atoms with Crippen LogP contribution in [0.3, 0.4) is 0 Å². The first-order valence-electron chi connectivity index (χ1n) is 4.92. The summed E-state index contributed by atoms with van der Waals surface area (Å²) in [5.74, 6) is -1.02. The van der Waals surface area contributed by atoms with Crippen molar-refractivity contribution in [3.63, 3.8) is 0 Å². The van der Waals surface area contributed by atoms with Crippen molar-refractivity contribution >= 4 is 23.6 Å². The Balaban J connectivity index is 2.45. The number of hydrogen-bond acceptors (Lipinski definition) is 3. The molecule has 1 rings (SSSR count). The van der Waals surface area contributed by atoms with E-state index in [9.17, 15) is 9.59 Å². The lowest BCUT2D eigenvalue weighted by atomic mass is 10.1. The number of amides is 1. The van der Waals surface area contributed by atoms with Crippen LogP contribution >= 0.6 is 11.8 Å². The number of rotatable bonds is 5. The summed E-state index contributed by atoms with van der Waals surface area (Å²) < 4.78 is 0. The van der Waals surface area contributed by atoms with Crippen LogP contribution in [0.1, 0.15) is 13.8 Å². The van der Waals surface area contributed by atoms with Gasteiger partial charge in [-0.3, -0.25) is 9.59 Å². The second kappa shape index (κ2) is 4.43. The van der Waals surface area contributed by atoms with Crippen LogP contribution < -0.4 is 5.32 Å². The zero-order chi connectivity index (χ0) is 11.6. The maximum absolute atomic E-state index is 11.6. The summed E-state index contributed by atoms with van der Waals surface area (Å²) in [6, 6.07) is 0. The van der Waals surface area contributed by atoms with E-state index in [0.717, 1.165) is 5.75 Å². The highest BCUT2D eigenvalue weighted by molar-refractivity contribution is 7.98. The first-order chi connectivity index (χ1) is 6.92. The monoisotopic (exact) mass is 231 g/mol. The van der Waals surface area contributed by atoms with Gasteiger partial charge >= 0.3 is 5.97 Å². The van der Waals surface area contributed by atoms with Gasteiger partial charge in [0, 0.05) is 12.3 Å². The van der Waals surface area contributed by atoms with Crippen molar-refractivity contribution < 1.29 is 14.7 Å². The largest absolute Gasteiger partial charge is 0.481 e. The molecule has 1 saturated carbocycles. The molecule has 1 fully saturated rings. The average molecular weight is 231 g/mol. The summed E-state index contributed by atoms with van der Waals surface area (Å²) in [5.41, 5.74) is -0.394. The Morgan fingerprint density at radius 3 is 2.40 bits per heavy atom. The van der Waals surface area contributed by atoms with E-state index in [-0.39, 0.29) is 11.8 Å². The lowest BCUT2D eigenvalue weighted by Crippen LogP contribution is -2.29. The van der Waals surface area contributed by atoms with Crippen molar-refractivity contribution in [2.75, 3.05) is 18.6 Å². The van der Waals surface area contributed by atoms with E-state index in [4.69, 9.17) is 5.11 Å². The molecule has 0 bridgehead atoms. The fraction of sp³-hybridized carbons (Fsp3) is 0.800. The molecular formula is C10H17NO3S. The molecule has 1 amide bonds. The molecule has 0 aromatic heterocycles. The number of aliphatic carboxylic acids is 1.